The van der Waals surface area contributed by atoms with Gasteiger partial charge in [-0.3, -0.25) is 19.7 Å². The number of nitrogens with zero attached hydrogens (tertiary/aromatic N) is 4. The van der Waals surface area contributed by atoms with Crippen LogP contribution in [0, 0.1) is 10.1 Å². The first-order valence-corrected chi connectivity index (χ1v) is 14.1. The maximum Gasteiger partial charge on any atom is 0.311 e. The monoisotopic (exact) mass is 671 g/mol. The summed E-state index contributed by atoms with van der Waals surface area (Å²) in [6, 6.07) is 24.6. The van der Waals surface area contributed by atoms with Gasteiger partial charge in [-0.15, -0.1) is 0 Å². The first-order valence-electron chi connectivity index (χ1n) is 13.0. The number of rotatable bonds is 8. The molecule has 0 bridgehead atoms. The summed E-state index contributed by atoms with van der Waals surface area (Å²) in [6.07, 6.45) is 1.24. The molecule has 0 unspecified atom stereocenters. The molecule has 6 rings (SSSR count). The number of nitro benzene ring substituents is 1. The van der Waals surface area contributed by atoms with Gasteiger partial charge in [-0.05, 0) is 66.7 Å². The predicted octanol–water partition coefficient (Wildman–Crippen LogP) is 7.03. The Morgan fingerprint density at radius 3 is 2.68 bits per heavy atom. The third-order valence-electron chi connectivity index (χ3n) is 6.46. The predicted molar refractivity (Wildman–Crippen MR) is 171 cm³/mol. The molecule has 6 aromatic rings. The van der Waals surface area contributed by atoms with E-state index in [4.69, 9.17) is 20.8 Å². The van der Waals surface area contributed by atoms with Gasteiger partial charge >= 0.3 is 5.69 Å². The average Bonchev–Trinajstić information content (AvgIpc) is 3.44. The second kappa shape index (κ2) is 12.1. The molecule has 44 heavy (non-hydrogen) atoms. The summed E-state index contributed by atoms with van der Waals surface area (Å²) in [4.78, 5) is 42.1. The zero-order valence-corrected chi connectivity index (χ0v) is 24.8. The summed E-state index contributed by atoms with van der Waals surface area (Å²) >= 11 is 9.33. The third kappa shape index (κ3) is 5.93. The van der Waals surface area contributed by atoms with Crippen molar-refractivity contribution in [3.8, 4) is 17.3 Å². The molecule has 2 aromatic heterocycles. The average molecular weight is 673 g/mol. The van der Waals surface area contributed by atoms with Crippen LogP contribution in [-0.4, -0.2) is 33.3 Å². The number of benzene rings is 4. The second-order valence-corrected chi connectivity index (χ2v) is 10.8. The minimum atomic E-state index is -0.633. The Hall–Kier alpha value is -5.33. The molecule has 1 amide bonds. The molecule has 0 saturated carbocycles. The van der Waals surface area contributed by atoms with E-state index in [0.717, 1.165) is 14.5 Å². The van der Waals surface area contributed by atoms with Crippen LogP contribution in [0.4, 0.5) is 11.4 Å². The SMILES string of the molecule is O=C(COc1c(C=Nn2c(-c3cc4cc(Br)ccc4o3)nc3ccccc3c2=O)cccc1[N+](=O)[O-])Nc1ccc(Cl)cc1. The molecule has 4 aromatic carbocycles. The summed E-state index contributed by atoms with van der Waals surface area (Å²) in [6.45, 7) is -0.536. The van der Waals surface area contributed by atoms with Gasteiger partial charge < -0.3 is 14.5 Å². The number of amides is 1. The van der Waals surface area contributed by atoms with Crippen molar-refractivity contribution in [2.45, 2.75) is 0 Å². The molecule has 0 saturated heterocycles. The largest absolute Gasteiger partial charge is 0.476 e. The van der Waals surface area contributed by atoms with Crippen LogP contribution >= 0.6 is 27.5 Å². The minimum Gasteiger partial charge on any atom is -0.476 e. The molecule has 0 aliphatic rings. The van der Waals surface area contributed by atoms with Crippen molar-refractivity contribution in [1.29, 1.82) is 0 Å². The Morgan fingerprint density at radius 1 is 1.09 bits per heavy atom. The highest BCUT2D eigenvalue weighted by Gasteiger charge is 2.21. The van der Waals surface area contributed by atoms with Gasteiger partial charge in [-0.1, -0.05) is 45.7 Å². The van der Waals surface area contributed by atoms with Crippen molar-refractivity contribution >= 4 is 72.9 Å². The van der Waals surface area contributed by atoms with Crippen LogP contribution in [0.2, 0.25) is 5.02 Å². The molecule has 2 heterocycles. The number of carbonyl (C=O) groups excluding carboxylic acids is 1. The first kappa shape index (κ1) is 28.8. The number of halogens is 2. The lowest BCUT2D eigenvalue weighted by Crippen LogP contribution is -2.21. The van der Waals surface area contributed by atoms with Gasteiger partial charge in [0.2, 0.25) is 11.6 Å². The van der Waals surface area contributed by atoms with Crippen LogP contribution < -0.4 is 15.6 Å². The smallest absolute Gasteiger partial charge is 0.311 e. The second-order valence-electron chi connectivity index (χ2n) is 9.40. The Kier molecular flexibility index (Phi) is 7.92. The molecule has 0 fully saturated rings. The molecule has 0 aliphatic carbocycles. The fourth-order valence-corrected chi connectivity index (χ4v) is 4.95. The van der Waals surface area contributed by atoms with E-state index in [9.17, 15) is 19.7 Å². The van der Waals surface area contributed by atoms with Crippen LogP contribution in [0.15, 0.2) is 110 Å². The Balaban J connectivity index is 1.39. The van der Waals surface area contributed by atoms with Crippen molar-refractivity contribution in [3.63, 3.8) is 0 Å². The van der Waals surface area contributed by atoms with Crippen LogP contribution in [0.1, 0.15) is 5.56 Å². The lowest BCUT2D eigenvalue weighted by atomic mass is 10.2. The highest BCUT2D eigenvalue weighted by atomic mass is 79.9. The summed E-state index contributed by atoms with van der Waals surface area (Å²) < 4.78 is 13.6. The third-order valence-corrected chi connectivity index (χ3v) is 7.21. The van der Waals surface area contributed by atoms with Gasteiger partial charge in [0, 0.05) is 32.2 Å². The topological polar surface area (TPSA) is 142 Å². The Morgan fingerprint density at radius 2 is 1.89 bits per heavy atom. The number of furan rings is 1. The van der Waals surface area contributed by atoms with E-state index in [2.05, 4.69) is 31.3 Å². The standard InChI is InChI=1S/C31H19BrClN5O6/c32-20-8-13-26-19(14-20)15-27(44-26)30-36-24-6-2-1-5-23(24)31(40)37(30)34-16-18-4-3-7-25(38(41)42)29(18)43-17-28(39)35-22-11-9-21(33)10-12-22/h1-16H,17H2,(H,35,39). The normalized spacial score (nSPS) is 11.3. The number of aromatic nitrogens is 2. The lowest BCUT2D eigenvalue weighted by Gasteiger charge is -2.11. The van der Waals surface area contributed by atoms with Gasteiger partial charge in [-0.2, -0.15) is 9.78 Å². The van der Waals surface area contributed by atoms with Crippen molar-refractivity contribution in [1.82, 2.24) is 9.66 Å². The molecule has 0 aliphatic heterocycles. The number of carbonyl (C=O) groups is 1. The number of ether oxygens (including phenoxy) is 1. The van der Waals surface area contributed by atoms with E-state index in [1.54, 1.807) is 60.7 Å². The van der Waals surface area contributed by atoms with Crippen LogP contribution in [-0.2, 0) is 4.79 Å². The van der Waals surface area contributed by atoms with Crippen LogP contribution in [0.3, 0.4) is 0 Å². The van der Waals surface area contributed by atoms with Crippen molar-refractivity contribution < 1.29 is 18.9 Å². The van der Waals surface area contributed by atoms with Gasteiger partial charge in [0.25, 0.3) is 11.5 Å². The summed E-state index contributed by atoms with van der Waals surface area (Å²) in [5.74, 6) is -0.355. The molecule has 0 spiro atoms. The van der Waals surface area contributed by atoms with E-state index in [-0.39, 0.29) is 28.6 Å². The number of fused-ring (bicyclic) bond motifs is 2. The highest BCUT2D eigenvalue weighted by molar-refractivity contribution is 9.10. The quantitative estimate of drug-likeness (QED) is 0.104. The fourth-order valence-electron chi connectivity index (χ4n) is 4.45. The van der Waals surface area contributed by atoms with Crippen LogP contribution in [0.25, 0.3) is 33.5 Å². The van der Waals surface area contributed by atoms with Gasteiger partial charge in [0.1, 0.15) is 5.58 Å². The van der Waals surface area contributed by atoms with Crippen molar-refractivity contribution in [3.05, 3.63) is 127 Å². The van der Waals surface area contributed by atoms with Crippen molar-refractivity contribution in [2.75, 3.05) is 11.9 Å². The van der Waals surface area contributed by atoms with E-state index in [1.165, 1.54) is 24.4 Å². The number of para-hydroxylation sites is 2. The number of nitrogens with one attached hydrogen (secondary N) is 1. The molecule has 1 N–H and O–H groups in total. The van der Waals surface area contributed by atoms with Gasteiger partial charge in [-0.25, -0.2) is 4.98 Å². The molecule has 11 nitrogen and oxygen atoms in total. The highest BCUT2D eigenvalue weighted by Crippen LogP contribution is 2.31. The number of hydrogen-bond donors (Lipinski definition) is 1. The summed E-state index contributed by atoms with van der Waals surface area (Å²) in [5.41, 5.74) is 0.761. The molecular weight excluding hydrogens is 654 g/mol. The van der Waals surface area contributed by atoms with Crippen molar-refractivity contribution in [2.24, 2.45) is 5.10 Å². The summed E-state index contributed by atoms with van der Waals surface area (Å²) in [7, 11) is 0. The Bertz CT molecular complexity index is 2160. The Labute approximate surface area is 261 Å². The zero-order valence-electron chi connectivity index (χ0n) is 22.4. The summed E-state index contributed by atoms with van der Waals surface area (Å²) in [5, 5.41) is 20.5. The lowest BCUT2D eigenvalue weighted by molar-refractivity contribution is -0.385. The fraction of sp³-hybridized carbons (Fsp3) is 0.0323. The van der Waals surface area contributed by atoms with Crippen LogP contribution in [0.5, 0.6) is 5.75 Å². The maximum atomic E-state index is 13.6. The maximum absolute atomic E-state index is 13.6. The van der Waals surface area contributed by atoms with E-state index >= 15 is 0 Å². The van der Waals surface area contributed by atoms with E-state index < -0.39 is 23.0 Å². The number of nitro groups is 1. The molecule has 0 radical (unpaired) electrons. The molecule has 13 heteroatoms. The molecule has 218 valence electrons. The number of anilines is 1. The minimum absolute atomic E-state index is 0.118. The van der Waals surface area contributed by atoms with E-state index in [0.29, 0.717) is 27.2 Å². The number of hydrogen-bond acceptors (Lipinski definition) is 8. The zero-order chi connectivity index (χ0) is 30.8. The molecule has 0 atom stereocenters. The molecular formula is C31H19BrClN5O6. The van der Waals surface area contributed by atoms with Gasteiger partial charge in [0.15, 0.2) is 12.4 Å². The van der Waals surface area contributed by atoms with E-state index in [1.807, 2.05) is 12.1 Å². The van der Waals surface area contributed by atoms with Gasteiger partial charge in [0.05, 0.1) is 22.0 Å². The first-order chi connectivity index (χ1) is 21.3.